The number of nitrogens with two attached hydrogens (primary N) is 1. The van der Waals surface area contributed by atoms with Crippen molar-refractivity contribution in [1.29, 1.82) is 0 Å². The largest absolute Gasteiger partial charge is 0.399 e. The van der Waals surface area contributed by atoms with Gasteiger partial charge in [-0.15, -0.1) is 23.2 Å². The smallest absolute Gasteiger partial charge is 0.257 e. The van der Waals surface area contributed by atoms with Crippen LogP contribution in [-0.4, -0.2) is 16.1 Å². The number of hydrogen-bond acceptors (Lipinski definition) is 4. The van der Waals surface area contributed by atoms with Gasteiger partial charge in [-0.1, -0.05) is 46.9 Å². The van der Waals surface area contributed by atoms with Gasteiger partial charge >= 0.3 is 0 Å². The first-order valence-corrected chi connectivity index (χ1v) is 14.8. The molecule has 11 heteroatoms. The molecule has 2 amide bonds. The Bertz CT molecular complexity index is 1660. The van der Waals surface area contributed by atoms with Crippen LogP contribution in [0, 0.1) is 12.8 Å². The summed E-state index contributed by atoms with van der Waals surface area (Å²) in [5.41, 5.74) is 11.2. The van der Waals surface area contributed by atoms with Crippen molar-refractivity contribution in [3.05, 3.63) is 116 Å². The summed E-state index contributed by atoms with van der Waals surface area (Å²) < 4.78 is -1.33. The van der Waals surface area contributed by atoms with E-state index >= 15 is 0 Å². The second-order valence-corrected chi connectivity index (χ2v) is 12.8. The predicted octanol–water partition coefficient (Wildman–Crippen LogP) is 8.93. The molecule has 1 fully saturated rings. The van der Waals surface area contributed by atoms with E-state index in [2.05, 4.69) is 16.0 Å². The minimum Gasteiger partial charge on any atom is -0.399 e. The first-order valence-electron chi connectivity index (χ1n) is 12.9. The van der Waals surface area contributed by atoms with Gasteiger partial charge in [-0.3, -0.25) is 9.59 Å². The Kier molecular flexibility index (Phi) is 8.83. The third-order valence-corrected chi connectivity index (χ3v) is 8.72. The van der Waals surface area contributed by atoms with Crippen LogP contribution in [0.3, 0.4) is 0 Å². The standard InChI is InChI=1S/C31H25Cl5N4O2/c1-16-10-22(38-15-17-2-4-21(37)5-3-17)7-9-26(16)40-29(41)24-14-23(6-8-25(24)34)39-30(42)28-27(31(28,35)36)18-11-19(32)13-20(33)12-18/h2-14,27-28,38H,15,37H2,1H3,(H,39,42)(H,40,41)/t27-,28+/m0/s1. The summed E-state index contributed by atoms with van der Waals surface area (Å²) >= 11 is 31.6. The summed E-state index contributed by atoms with van der Waals surface area (Å²) in [6.07, 6.45) is 0. The van der Waals surface area contributed by atoms with Gasteiger partial charge in [-0.25, -0.2) is 0 Å². The average molecular weight is 663 g/mol. The van der Waals surface area contributed by atoms with Gasteiger partial charge < -0.3 is 21.7 Å². The van der Waals surface area contributed by atoms with E-state index in [0.29, 0.717) is 39.2 Å². The second kappa shape index (κ2) is 12.2. The highest BCUT2D eigenvalue weighted by Gasteiger charge is 2.67. The topological polar surface area (TPSA) is 96.2 Å². The molecule has 1 aliphatic rings. The van der Waals surface area contributed by atoms with Gasteiger partial charge in [0.2, 0.25) is 5.91 Å². The van der Waals surface area contributed by atoms with E-state index in [1.54, 1.807) is 30.3 Å². The predicted molar refractivity (Wildman–Crippen MR) is 175 cm³/mol. The molecule has 0 radical (unpaired) electrons. The monoisotopic (exact) mass is 660 g/mol. The number of benzene rings is 4. The molecule has 5 rings (SSSR count). The SMILES string of the molecule is Cc1cc(NCc2ccc(N)cc2)ccc1NC(=O)c1cc(NC(=O)[C@H]2[C@H](c3cc(Cl)cc(Cl)c3)C2(Cl)Cl)ccc1Cl. The molecule has 42 heavy (non-hydrogen) atoms. The Morgan fingerprint density at radius 2 is 1.50 bits per heavy atom. The summed E-state index contributed by atoms with van der Waals surface area (Å²) in [5.74, 6) is -2.09. The van der Waals surface area contributed by atoms with Crippen molar-refractivity contribution in [3.63, 3.8) is 0 Å². The van der Waals surface area contributed by atoms with Gasteiger partial charge in [-0.05, 0) is 90.3 Å². The van der Waals surface area contributed by atoms with Crippen LogP contribution < -0.4 is 21.7 Å². The Labute approximate surface area is 268 Å². The van der Waals surface area contributed by atoms with E-state index < -0.39 is 28.0 Å². The van der Waals surface area contributed by atoms with Crippen LogP contribution in [0.2, 0.25) is 15.1 Å². The fourth-order valence-electron chi connectivity index (χ4n) is 4.76. The molecular weight excluding hydrogens is 638 g/mol. The van der Waals surface area contributed by atoms with Gasteiger partial charge in [0.05, 0.1) is 16.5 Å². The van der Waals surface area contributed by atoms with E-state index in [0.717, 1.165) is 16.8 Å². The number of hydrogen-bond donors (Lipinski definition) is 4. The second-order valence-electron chi connectivity index (χ2n) is 10.1. The molecule has 0 spiro atoms. The number of carbonyl (C=O) groups excluding carboxylic acids is 2. The van der Waals surface area contributed by atoms with Crippen molar-refractivity contribution in [2.24, 2.45) is 5.92 Å². The third kappa shape index (κ3) is 6.74. The summed E-state index contributed by atoms with van der Waals surface area (Å²) in [6, 6.07) is 22.9. The maximum Gasteiger partial charge on any atom is 0.257 e. The number of halogens is 5. The molecule has 216 valence electrons. The maximum atomic E-state index is 13.2. The normalized spacial score (nSPS) is 16.9. The molecular formula is C31H25Cl5N4O2. The number of carbonyl (C=O) groups is 2. The van der Waals surface area contributed by atoms with Crippen LogP contribution in [0.25, 0.3) is 0 Å². The Morgan fingerprint density at radius 1 is 0.833 bits per heavy atom. The maximum absolute atomic E-state index is 13.2. The van der Waals surface area contributed by atoms with Crippen LogP contribution in [0.15, 0.2) is 78.9 Å². The number of anilines is 4. The number of nitrogens with one attached hydrogen (secondary N) is 3. The molecule has 0 heterocycles. The highest BCUT2D eigenvalue weighted by molar-refractivity contribution is 6.53. The van der Waals surface area contributed by atoms with Gasteiger partial charge in [-0.2, -0.15) is 0 Å². The fraction of sp³-hybridized carbons (Fsp3) is 0.161. The number of nitrogen functional groups attached to an aromatic ring is 1. The Balaban J connectivity index is 1.25. The summed E-state index contributed by atoms with van der Waals surface area (Å²) in [7, 11) is 0. The summed E-state index contributed by atoms with van der Waals surface area (Å²) in [5, 5.41) is 10.1. The number of amides is 2. The molecule has 1 aliphatic carbocycles. The zero-order valence-corrected chi connectivity index (χ0v) is 25.9. The van der Waals surface area contributed by atoms with Gasteiger partial charge in [0.15, 0.2) is 0 Å². The Hall–Kier alpha value is -3.13. The van der Waals surface area contributed by atoms with Crippen LogP contribution in [-0.2, 0) is 11.3 Å². The van der Waals surface area contributed by atoms with Crippen LogP contribution in [0.5, 0.6) is 0 Å². The molecule has 1 saturated carbocycles. The minimum atomic E-state index is -1.33. The van der Waals surface area contributed by atoms with Crippen molar-refractivity contribution < 1.29 is 9.59 Å². The molecule has 2 atom stereocenters. The van der Waals surface area contributed by atoms with E-state index in [1.165, 1.54) is 6.07 Å². The first kappa shape index (κ1) is 30.3. The molecule has 4 aromatic rings. The summed E-state index contributed by atoms with van der Waals surface area (Å²) in [6.45, 7) is 2.52. The zero-order valence-electron chi connectivity index (χ0n) is 22.2. The number of alkyl halides is 2. The van der Waals surface area contributed by atoms with Crippen molar-refractivity contribution in [3.8, 4) is 0 Å². The molecule has 5 N–H and O–H groups in total. The van der Waals surface area contributed by atoms with Gasteiger partial charge in [0.1, 0.15) is 4.33 Å². The fourth-order valence-corrected chi connectivity index (χ4v) is 6.34. The molecule has 0 bridgehead atoms. The van der Waals surface area contributed by atoms with E-state index in [4.69, 9.17) is 63.7 Å². The molecule has 4 aromatic carbocycles. The molecule has 0 saturated heterocycles. The summed E-state index contributed by atoms with van der Waals surface area (Å²) in [4.78, 5) is 26.3. The van der Waals surface area contributed by atoms with Crippen molar-refractivity contribution in [2.75, 3.05) is 21.7 Å². The molecule has 6 nitrogen and oxygen atoms in total. The third-order valence-electron chi connectivity index (χ3n) is 7.01. The Morgan fingerprint density at radius 3 is 2.17 bits per heavy atom. The average Bonchev–Trinajstić information content (AvgIpc) is 3.52. The number of rotatable bonds is 8. The van der Waals surface area contributed by atoms with Crippen molar-refractivity contribution in [2.45, 2.75) is 23.7 Å². The van der Waals surface area contributed by atoms with Crippen molar-refractivity contribution in [1.82, 2.24) is 0 Å². The molecule has 0 aliphatic heterocycles. The minimum absolute atomic E-state index is 0.191. The van der Waals surface area contributed by atoms with Crippen LogP contribution >= 0.6 is 58.0 Å². The van der Waals surface area contributed by atoms with Crippen molar-refractivity contribution >= 4 is 92.6 Å². The highest BCUT2D eigenvalue weighted by atomic mass is 35.5. The first-order chi connectivity index (χ1) is 19.9. The quantitative estimate of drug-likeness (QED) is 0.112. The lowest BCUT2D eigenvalue weighted by Crippen LogP contribution is -2.18. The number of aryl methyl sites for hydroxylation is 1. The van der Waals surface area contributed by atoms with Crippen LogP contribution in [0.4, 0.5) is 22.7 Å². The lowest BCUT2D eigenvalue weighted by atomic mass is 10.1. The lowest BCUT2D eigenvalue weighted by Gasteiger charge is -2.13. The lowest BCUT2D eigenvalue weighted by molar-refractivity contribution is -0.117. The van der Waals surface area contributed by atoms with Gasteiger partial charge in [0, 0.05) is 45.3 Å². The zero-order chi connectivity index (χ0) is 30.2. The van der Waals surface area contributed by atoms with Crippen LogP contribution in [0.1, 0.15) is 33.0 Å². The highest BCUT2D eigenvalue weighted by Crippen LogP contribution is 2.65. The van der Waals surface area contributed by atoms with E-state index in [-0.39, 0.29) is 10.6 Å². The van der Waals surface area contributed by atoms with E-state index in [1.807, 2.05) is 49.4 Å². The van der Waals surface area contributed by atoms with Gasteiger partial charge in [0.25, 0.3) is 5.91 Å². The molecule has 0 unspecified atom stereocenters. The van der Waals surface area contributed by atoms with E-state index in [9.17, 15) is 9.59 Å². The molecule has 0 aromatic heterocycles.